The molecule has 0 saturated carbocycles. The fraction of sp³-hybridized carbons (Fsp3) is 0. The summed E-state index contributed by atoms with van der Waals surface area (Å²) >= 11 is 21.3. The Bertz CT molecular complexity index is 1840. The second-order valence-corrected chi connectivity index (χ2v) is 16.8. The summed E-state index contributed by atoms with van der Waals surface area (Å²) in [5, 5.41) is 2.42. The van der Waals surface area contributed by atoms with Gasteiger partial charge in [-0.3, -0.25) is 0 Å². The van der Waals surface area contributed by atoms with Crippen LogP contribution in [0.15, 0.2) is 160 Å². The van der Waals surface area contributed by atoms with Crippen molar-refractivity contribution in [2.75, 3.05) is 0 Å². The molecule has 0 aliphatic heterocycles. The Morgan fingerprint density at radius 2 is 0.476 bits per heavy atom. The Morgan fingerprint density at radius 1 is 0.286 bits per heavy atom. The first-order valence-corrected chi connectivity index (χ1v) is 19.5. The van der Waals surface area contributed by atoms with Crippen LogP contribution in [0.4, 0.5) is 0 Å². The molecular weight excluding hydrogens is 852 g/mol. The third-order valence-corrected chi connectivity index (χ3v) is 15.6. The first-order valence-electron chi connectivity index (χ1n) is 12.8. The first kappa shape index (κ1) is 31.1. The van der Waals surface area contributed by atoms with Crippen LogP contribution in [-0.2, 0) is 0 Å². The third kappa shape index (κ3) is 6.82. The van der Waals surface area contributed by atoms with E-state index in [2.05, 4.69) is 184 Å². The molecule has 0 amide bonds. The van der Waals surface area contributed by atoms with Crippen LogP contribution in [0.3, 0.4) is 0 Å². The molecule has 0 atom stereocenters. The fourth-order valence-corrected chi connectivity index (χ4v) is 13.4. The van der Waals surface area contributed by atoms with Crippen molar-refractivity contribution in [3.8, 4) is 0 Å². The van der Waals surface area contributed by atoms with Gasteiger partial charge in [-0.05, 0) is 0 Å². The summed E-state index contributed by atoms with van der Waals surface area (Å²) in [6.45, 7) is 0. The van der Waals surface area contributed by atoms with E-state index in [-0.39, 0.29) is 0 Å². The zero-order chi connectivity index (χ0) is 29.1. The molecule has 204 valence electrons. The monoisotopic (exact) mass is 876 g/mol. The summed E-state index contributed by atoms with van der Waals surface area (Å²) < 4.78 is 4.64. The summed E-state index contributed by atoms with van der Waals surface area (Å²) in [4.78, 5) is 9.76. The van der Waals surface area contributed by atoms with E-state index in [1.165, 1.54) is 49.6 Å². The minimum atomic E-state index is 1.16. The molecule has 0 aromatic heterocycles. The van der Waals surface area contributed by atoms with E-state index in [0.29, 0.717) is 0 Å². The van der Waals surface area contributed by atoms with Crippen molar-refractivity contribution in [2.24, 2.45) is 0 Å². The minimum absolute atomic E-state index is 1.16. The van der Waals surface area contributed by atoms with E-state index in [1.807, 2.05) is 47.0 Å². The number of benzene rings is 4. The van der Waals surface area contributed by atoms with E-state index in [4.69, 9.17) is 0 Å². The molecule has 0 fully saturated rings. The summed E-state index contributed by atoms with van der Waals surface area (Å²) in [5.41, 5.74) is 0. The number of hydrogen-bond donors (Lipinski definition) is 0. The van der Waals surface area contributed by atoms with Gasteiger partial charge in [0.05, 0.1) is 0 Å². The van der Waals surface area contributed by atoms with Gasteiger partial charge in [-0.25, -0.2) is 0 Å². The van der Waals surface area contributed by atoms with Crippen LogP contribution in [0.1, 0.15) is 0 Å². The molecule has 6 rings (SSSR count). The molecule has 4 aromatic carbocycles. The maximum absolute atomic E-state index is 3.52. The number of hydrogen-bond acceptors (Lipinski definition) is 4. The molecule has 0 radical (unpaired) electrons. The van der Waals surface area contributed by atoms with Crippen LogP contribution >= 0.6 is 47.0 Å². The Balaban J connectivity index is 1.68. The van der Waals surface area contributed by atoms with Crippen LogP contribution in [0.5, 0.6) is 0 Å². The van der Waals surface area contributed by atoms with Crippen molar-refractivity contribution in [2.45, 2.75) is 39.2 Å². The molecule has 0 spiro atoms. The van der Waals surface area contributed by atoms with E-state index in [0.717, 1.165) is 16.3 Å². The summed E-state index contributed by atoms with van der Waals surface area (Å²) in [7, 11) is 0. The predicted octanol–water partition coefficient (Wildman–Crippen LogP) is 8.69. The number of rotatable bonds is 8. The van der Waals surface area contributed by atoms with E-state index < -0.39 is 0 Å². The summed E-state index contributed by atoms with van der Waals surface area (Å²) in [6, 6.07) is 42.5. The Morgan fingerprint density at radius 3 is 0.667 bits per heavy atom. The van der Waals surface area contributed by atoms with Crippen LogP contribution in [0.2, 0.25) is 0 Å². The zero-order valence-corrected chi connectivity index (χ0v) is 31.9. The molecule has 0 N–H and O–H groups in total. The predicted molar refractivity (Wildman–Crippen MR) is 182 cm³/mol. The van der Waals surface area contributed by atoms with Crippen molar-refractivity contribution in [3.05, 3.63) is 148 Å². The summed E-state index contributed by atoms with van der Waals surface area (Å²) in [6.07, 6.45) is 0. The molecule has 4 aromatic rings. The molecule has 0 heterocycles. The zero-order valence-electron chi connectivity index (χ0n) is 21.8. The normalized spacial score (nSPS) is 11.1. The van der Waals surface area contributed by atoms with Gasteiger partial charge in [0, 0.05) is 0 Å². The van der Waals surface area contributed by atoms with Crippen molar-refractivity contribution in [3.63, 3.8) is 0 Å². The van der Waals surface area contributed by atoms with Crippen molar-refractivity contribution in [1.29, 1.82) is 0 Å². The van der Waals surface area contributed by atoms with Crippen molar-refractivity contribution in [1.82, 2.24) is 0 Å². The topological polar surface area (TPSA) is 0 Å². The standard InChI is InChI=1S/C34H20S4Se4/c39-31-25-26(32(40)28(36-22-15-7-2-8-16-22)27(31)35-21-13-5-1-6-14-21)34(42)30(38-24-19-11-4-12-20-24)29(33(25)41)37-23-17-9-3-10-18-23/h1-20H. The van der Waals surface area contributed by atoms with E-state index in [9.17, 15) is 0 Å². The van der Waals surface area contributed by atoms with Crippen LogP contribution in [0.25, 0.3) is 0 Å². The van der Waals surface area contributed by atoms with E-state index in [1.54, 1.807) is 0 Å². The van der Waals surface area contributed by atoms with Gasteiger partial charge in [0.2, 0.25) is 0 Å². The SMILES string of the molecule is [Se]=c1c(Sc2ccccc2)c(Sc2ccccc2)c(=[Se])c2c(=[Se])c(Sc3ccccc3)c(Sc3ccccc3)c(=[Se])c1=2. The van der Waals surface area contributed by atoms with Crippen molar-refractivity contribution < 1.29 is 0 Å². The van der Waals surface area contributed by atoms with Gasteiger partial charge in [-0.1, -0.05) is 0 Å². The van der Waals surface area contributed by atoms with Gasteiger partial charge >= 0.3 is 297 Å². The average molecular weight is 873 g/mol. The fourth-order valence-electron chi connectivity index (χ4n) is 4.32. The Labute approximate surface area is 293 Å². The molecule has 0 saturated heterocycles. The van der Waals surface area contributed by atoms with Gasteiger partial charge < -0.3 is 0 Å². The molecule has 2 aliphatic carbocycles. The quantitative estimate of drug-likeness (QED) is 0.141. The molecule has 42 heavy (non-hydrogen) atoms. The van der Waals surface area contributed by atoms with Gasteiger partial charge in [0.15, 0.2) is 0 Å². The third-order valence-electron chi connectivity index (χ3n) is 6.25. The molecular formula is C34H20S4Se4. The molecule has 0 nitrogen and oxygen atoms in total. The van der Waals surface area contributed by atoms with Gasteiger partial charge in [0.1, 0.15) is 0 Å². The second-order valence-electron chi connectivity index (χ2n) is 9.04. The molecule has 0 unspecified atom stereocenters. The van der Waals surface area contributed by atoms with Gasteiger partial charge in [0.25, 0.3) is 0 Å². The van der Waals surface area contributed by atoms with Gasteiger partial charge in [-0.15, -0.1) is 0 Å². The molecule has 0 bridgehead atoms. The molecule has 2 aliphatic rings. The Kier molecular flexibility index (Phi) is 10.7. The molecule has 8 heteroatoms. The van der Waals surface area contributed by atoms with Gasteiger partial charge in [-0.2, -0.15) is 0 Å². The maximum atomic E-state index is 3.52. The van der Waals surface area contributed by atoms with Crippen LogP contribution < -0.4 is 0 Å². The Hall–Kier alpha value is -0.942. The van der Waals surface area contributed by atoms with Crippen molar-refractivity contribution >= 4 is 109 Å². The van der Waals surface area contributed by atoms with E-state index >= 15 is 0 Å². The average Bonchev–Trinajstić information content (AvgIpc) is 3.03. The summed E-state index contributed by atoms with van der Waals surface area (Å²) in [5.74, 6) is 0. The first-order chi connectivity index (χ1) is 20.5. The second kappa shape index (κ2) is 14.4. The van der Waals surface area contributed by atoms with Crippen LogP contribution in [0, 0.1) is 26.7 Å². The van der Waals surface area contributed by atoms with Crippen LogP contribution in [-0.4, -0.2) is 62.3 Å².